The van der Waals surface area contributed by atoms with Gasteiger partial charge in [-0.15, -0.1) is 0 Å². The zero-order valence-corrected chi connectivity index (χ0v) is 17.5. The molecule has 0 radical (unpaired) electrons. The van der Waals surface area contributed by atoms with Gasteiger partial charge in [-0.3, -0.25) is 9.59 Å². The minimum atomic E-state index is -0.721. The molecule has 7 heteroatoms. The Bertz CT molecular complexity index is 1030. The highest BCUT2D eigenvalue weighted by Crippen LogP contribution is 2.40. The van der Waals surface area contributed by atoms with E-state index in [9.17, 15) is 14.7 Å². The summed E-state index contributed by atoms with van der Waals surface area (Å²) >= 11 is 6.02. The van der Waals surface area contributed by atoms with Gasteiger partial charge in [0.05, 0.1) is 18.2 Å². The summed E-state index contributed by atoms with van der Waals surface area (Å²) in [4.78, 5) is 27.1. The fourth-order valence-corrected chi connectivity index (χ4v) is 4.14. The van der Waals surface area contributed by atoms with Crippen molar-refractivity contribution < 1.29 is 24.2 Å². The molecule has 2 aliphatic rings. The highest BCUT2D eigenvalue weighted by Gasteiger charge is 2.45. The number of methoxy groups -OCH3 is 1. The van der Waals surface area contributed by atoms with Crippen molar-refractivity contribution in [3.63, 3.8) is 0 Å². The van der Waals surface area contributed by atoms with E-state index in [1.165, 1.54) is 12.0 Å². The summed E-state index contributed by atoms with van der Waals surface area (Å²) in [6.45, 7) is 2.47. The van der Waals surface area contributed by atoms with Crippen molar-refractivity contribution in [1.29, 1.82) is 0 Å². The van der Waals surface area contributed by atoms with Crippen LogP contribution in [0, 0.1) is 0 Å². The lowest BCUT2D eigenvalue weighted by molar-refractivity contribution is -0.140. The number of ether oxygens (including phenoxy) is 2. The van der Waals surface area contributed by atoms with Crippen LogP contribution >= 0.6 is 11.6 Å². The van der Waals surface area contributed by atoms with E-state index in [1.54, 1.807) is 36.4 Å². The normalized spacial score (nSPS) is 22.3. The van der Waals surface area contributed by atoms with Crippen LogP contribution in [-0.2, 0) is 20.7 Å². The van der Waals surface area contributed by atoms with Gasteiger partial charge in [0, 0.05) is 30.7 Å². The predicted octanol–water partition coefficient (Wildman–Crippen LogP) is 3.73. The monoisotopic (exact) mass is 427 g/mol. The van der Waals surface area contributed by atoms with E-state index in [0.29, 0.717) is 16.1 Å². The molecule has 156 valence electrons. The van der Waals surface area contributed by atoms with Gasteiger partial charge in [-0.2, -0.15) is 0 Å². The number of carbonyl (C=O) groups excluding carboxylic acids is 2. The minimum Gasteiger partial charge on any atom is -0.507 e. The molecule has 0 saturated carbocycles. The number of halogens is 1. The predicted molar refractivity (Wildman–Crippen MR) is 113 cm³/mol. The van der Waals surface area contributed by atoms with Crippen LogP contribution in [0.15, 0.2) is 48.0 Å². The Labute approximate surface area is 179 Å². The van der Waals surface area contributed by atoms with Crippen LogP contribution < -0.4 is 4.74 Å². The van der Waals surface area contributed by atoms with Gasteiger partial charge in [0.2, 0.25) is 0 Å². The lowest BCUT2D eigenvalue weighted by Crippen LogP contribution is -2.32. The largest absolute Gasteiger partial charge is 0.507 e. The number of Topliss-reactive ketones (excluding diaryl/α,β-unsaturated/α-hetero) is 1. The summed E-state index contributed by atoms with van der Waals surface area (Å²) in [6, 6.07) is 11.5. The topological polar surface area (TPSA) is 76.1 Å². The number of ketones is 1. The molecule has 1 fully saturated rings. The van der Waals surface area contributed by atoms with Crippen LogP contribution in [0.4, 0.5) is 0 Å². The smallest absolute Gasteiger partial charge is 0.295 e. The molecule has 1 N–H and O–H groups in total. The molecule has 4 rings (SSSR count). The minimum absolute atomic E-state index is 0.0605. The van der Waals surface area contributed by atoms with Crippen molar-refractivity contribution in [3.8, 4) is 5.75 Å². The Kier molecular flexibility index (Phi) is 5.54. The number of likely N-dealkylation sites (tertiary alicyclic amines) is 1. The number of rotatable bonds is 5. The third kappa shape index (κ3) is 3.57. The molecular weight excluding hydrogens is 406 g/mol. The van der Waals surface area contributed by atoms with Gasteiger partial charge >= 0.3 is 0 Å². The third-order valence-electron chi connectivity index (χ3n) is 5.43. The number of aliphatic hydroxyl groups is 1. The first-order valence-electron chi connectivity index (χ1n) is 9.73. The molecule has 2 atom stereocenters. The number of benzene rings is 2. The molecular formula is C23H22ClNO5. The molecule has 2 aliphatic heterocycles. The van der Waals surface area contributed by atoms with E-state index in [2.05, 4.69) is 0 Å². The highest BCUT2D eigenvalue weighted by atomic mass is 35.5. The maximum Gasteiger partial charge on any atom is 0.295 e. The second kappa shape index (κ2) is 8.13. The van der Waals surface area contributed by atoms with E-state index < -0.39 is 17.7 Å². The number of aliphatic hydroxyl groups excluding tert-OH is 1. The maximum absolute atomic E-state index is 12.9. The molecule has 2 heterocycles. The number of nitrogens with zero attached hydrogens (tertiary/aromatic N) is 1. The fraction of sp³-hybridized carbons (Fsp3) is 0.304. The summed E-state index contributed by atoms with van der Waals surface area (Å²) in [5.41, 5.74) is 2.19. The lowest BCUT2D eigenvalue weighted by atomic mass is 9.94. The van der Waals surface area contributed by atoms with Gasteiger partial charge in [-0.25, -0.2) is 0 Å². The number of amides is 1. The van der Waals surface area contributed by atoms with Crippen molar-refractivity contribution in [1.82, 2.24) is 4.90 Å². The van der Waals surface area contributed by atoms with Crippen molar-refractivity contribution in [2.24, 2.45) is 0 Å². The summed E-state index contributed by atoms with van der Waals surface area (Å²) in [6.07, 6.45) is 0.783. The second-order valence-corrected chi connectivity index (χ2v) is 7.93. The molecule has 0 aliphatic carbocycles. The zero-order chi connectivity index (χ0) is 21.4. The molecule has 30 heavy (non-hydrogen) atoms. The Balaban J connectivity index is 1.82. The Morgan fingerprint density at radius 1 is 1.23 bits per heavy atom. The fourth-order valence-electron chi connectivity index (χ4n) is 4.02. The molecule has 0 aromatic heterocycles. The van der Waals surface area contributed by atoms with Crippen LogP contribution in [0.2, 0.25) is 5.02 Å². The molecule has 1 saturated heterocycles. The van der Waals surface area contributed by atoms with Gasteiger partial charge in [-0.05, 0) is 48.4 Å². The van der Waals surface area contributed by atoms with Crippen LogP contribution in [0.5, 0.6) is 5.75 Å². The number of hydrogen-bond acceptors (Lipinski definition) is 5. The molecule has 0 spiro atoms. The van der Waals surface area contributed by atoms with Crippen LogP contribution in [0.1, 0.15) is 29.7 Å². The van der Waals surface area contributed by atoms with Gasteiger partial charge < -0.3 is 19.5 Å². The van der Waals surface area contributed by atoms with Gasteiger partial charge in [0.15, 0.2) is 0 Å². The quantitative estimate of drug-likeness (QED) is 0.447. The second-order valence-electron chi connectivity index (χ2n) is 7.49. The average Bonchev–Trinajstić information content (AvgIpc) is 3.22. The molecule has 2 aromatic rings. The average molecular weight is 428 g/mol. The van der Waals surface area contributed by atoms with E-state index in [-0.39, 0.29) is 30.6 Å². The maximum atomic E-state index is 12.9. The van der Waals surface area contributed by atoms with Gasteiger partial charge in [0.1, 0.15) is 17.6 Å². The van der Waals surface area contributed by atoms with E-state index in [1.807, 2.05) is 13.0 Å². The molecule has 2 unspecified atom stereocenters. The Morgan fingerprint density at radius 3 is 2.67 bits per heavy atom. The van der Waals surface area contributed by atoms with E-state index in [4.69, 9.17) is 21.1 Å². The van der Waals surface area contributed by atoms with Gasteiger partial charge in [-0.1, -0.05) is 23.7 Å². The molecule has 0 bridgehead atoms. The summed E-state index contributed by atoms with van der Waals surface area (Å²) in [5.74, 6) is -0.801. The third-order valence-corrected chi connectivity index (χ3v) is 5.68. The van der Waals surface area contributed by atoms with Crippen molar-refractivity contribution in [3.05, 3.63) is 69.8 Å². The number of hydrogen-bond donors (Lipinski definition) is 1. The zero-order valence-electron chi connectivity index (χ0n) is 16.7. The lowest BCUT2D eigenvalue weighted by Gasteiger charge is -2.25. The summed E-state index contributed by atoms with van der Waals surface area (Å²) < 4.78 is 10.8. The van der Waals surface area contributed by atoms with Crippen molar-refractivity contribution >= 4 is 29.1 Å². The number of fused-ring (bicyclic) bond motifs is 1. The first-order chi connectivity index (χ1) is 14.4. The van der Waals surface area contributed by atoms with Gasteiger partial charge in [0.25, 0.3) is 11.7 Å². The highest BCUT2D eigenvalue weighted by molar-refractivity contribution is 6.46. The number of carbonyl (C=O) groups is 2. The molecule has 2 aromatic carbocycles. The van der Waals surface area contributed by atoms with Crippen LogP contribution in [0.3, 0.4) is 0 Å². The van der Waals surface area contributed by atoms with E-state index >= 15 is 0 Å². The summed E-state index contributed by atoms with van der Waals surface area (Å²) in [5, 5.41) is 11.7. The first-order valence-corrected chi connectivity index (χ1v) is 10.1. The first kappa shape index (κ1) is 20.4. The van der Waals surface area contributed by atoms with Crippen molar-refractivity contribution in [2.75, 3.05) is 20.3 Å². The summed E-state index contributed by atoms with van der Waals surface area (Å²) in [7, 11) is 1.53. The molecule has 6 nitrogen and oxygen atoms in total. The van der Waals surface area contributed by atoms with E-state index in [0.717, 1.165) is 17.7 Å². The Morgan fingerprint density at radius 2 is 1.97 bits per heavy atom. The van der Waals surface area contributed by atoms with Crippen LogP contribution in [0.25, 0.3) is 5.76 Å². The SMILES string of the molecule is COCCN1C(=O)C(=O)/C(=C(/O)c2ccc3c(c2)CC(C)O3)C1c1ccc(Cl)cc1. The standard InChI is InChI=1S/C23H22ClNO5/c1-13-11-16-12-15(5-8-18(16)30-13)21(26)19-20(14-3-6-17(24)7-4-14)25(9-10-29-2)23(28)22(19)27/h3-8,12-13,20,26H,9-11H2,1-2H3/b21-19+. The van der Waals surface area contributed by atoms with Crippen molar-refractivity contribution in [2.45, 2.75) is 25.5 Å². The molecule has 1 amide bonds. The Hall–Kier alpha value is -2.83. The van der Waals surface area contributed by atoms with Crippen LogP contribution in [-0.4, -0.2) is 48.1 Å².